The zero-order valence-electron chi connectivity index (χ0n) is 11.9. The van der Waals surface area contributed by atoms with Gasteiger partial charge >= 0.3 is 0 Å². The van der Waals surface area contributed by atoms with Gasteiger partial charge in [-0.15, -0.1) is 0 Å². The molecule has 0 aromatic heterocycles. The highest BCUT2D eigenvalue weighted by Crippen LogP contribution is 2.31. The van der Waals surface area contributed by atoms with Gasteiger partial charge in [0.25, 0.3) is 0 Å². The smallest absolute Gasteiger partial charge is 0.142 e. The van der Waals surface area contributed by atoms with Crippen molar-refractivity contribution < 1.29 is 4.39 Å². The maximum absolute atomic E-state index is 13.6. The van der Waals surface area contributed by atoms with Crippen molar-refractivity contribution in [2.24, 2.45) is 0 Å². The van der Waals surface area contributed by atoms with Crippen LogP contribution in [0, 0.1) is 5.82 Å². The van der Waals surface area contributed by atoms with E-state index in [1.165, 1.54) is 31.4 Å². The quantitative estimate of drug-likeness (QED) is 0.834. The van der Waals surface area contributed by atoms with Crippen LogP contribution in [-0.4, -0.2) is 31.1 Å². The lowest BCUT2D eigenvalue weighted by Crippen LogP contribution is -2.43. The first kappa shape index (κ1) is 16.0. The fourth-order valence-electron chi connectivity index (χ4n) is 2.68. The molecular weight excluding hydrogens is 298 g/mol. The minimum Gasteiger partial charge on any atom is -0.313 e. The Morgan fingerprint density at radius 3 is 2.75 bits per heavy atom. The third-order valence-corrected chi connectivity index (χ3v) is 4.69. The molecule has 1 aromatic carbocycles. The van der Waals surface area contributed by atoms with Crippen LogP contribution < -0.4 is 5.32 Å². The van der Waals surface area contributed by atoms with Crippen LogP contribution in [0.15, 0.2) is 12.1 Å². The molecule has 1 aromatic rings. The summed E-state index contributed by atoms with van der Waals surface area (Å²) in [6, 6.07) is 3.49. The Bertz CT molecular complexity index is 461. The normalized spacial score (nSPS) is 21.2. The van der Waals surface area contributed by atoms with Crippen molar-refractivity contribution in [1.82, 2.24) is 10.2 Å². The molecule has 2 unspecified atom stereocenters. The summed E-state index contributed by atoms with van der Waals surface area (Å²) in [6.45, 7) is 4.06. The van der Waals surface area contributed by atoms with E-state index in [2.05, 4.69) is 10.2 Å². The molecule has 1 heterocycles. The lowest BCUT2D eigenvalue weighted by molar-refractivity contribution is 0.214. The van der Waals surface area contributed by atoms with E-state index in [1.54, 1.807) is 0 Å². The predicted octanol–water partition coefficient (Wildman–Crippen LogP) is 4.27. The first-order valence-corrected chi connectivity index (χ1v) is 7.82. The minimum atomic E-state index is -0.415. The Hall–Kier alpha value is -0.350. The first-order valence-electron chi connectivity index (χ1n) is 7.07. The monoisotopic (exact) mass is 318 g/mol. The van der Waals surface area contributed by atoms with Gasteiger partial charge in [0, 0.05) is 23.7 Å². The zero-order chi connectivity index (χ0) is 14.7. The molecule has 2 rings (SSSR count). The lowest BCUT2D eigenvalue weighted by atomic mass is 10.0. The summed E-state index contributed by atoms with van der Waals surface area (Å²) in [5, 5.41) is 4.11. The number of nitrogens with zero attached hydrogens (tertiary/aromatic N) is 1. The number of hydrogen-bond donors (Lipinski definition) is 1. The van der Waals surface area contributed by atoms with Gasteiger partial charge in [-0.05, 0) is 51.1 Å². The molecule has 112 valence electrons. The first-order chi connectivity index (χ1) is 9.49. The zero-order valence-corrected chi connectivity index (χ0v) is 13.4. The largest absolute Gasteiger partial charge is 0.313 e. The molecule has 5 heteroatoms. The van der Waals surface area contributed by atoms with Crippen LogP contribution in [0.4, 0.5) is 4.39 Å². The summed E-state index contributed by atoms with van der Waals surface area (Å²) in [4.78, 5) is 2.21. The summed E-state index contributed by atoms with van der Waals surface area (Å²) in [6.07, 6.45) is 3.72. The lowest BCUT2D eigenvalue weighted by Gasteiger charge is -2.32. The van der Waals surface area contributed by atoms with Crippen LogP contribution in [-0.2, 0) is 0 Å². The van der Waals surface area contributed by atoms with Gasteiger partial charge in [0.15, 0.2) is 0 Å². The van der Waals surface area contributed by atoms with Crippen molar-refractivity contribution in [3.63, 3.8) is 0 Å². The number of rotatable bonds is 4. The Morgan fingerprint density at radius 2 is 2.10 bits per heavy atom. The van der Waals surface area contributed by atoms with Crippen molar-refractivity contribution in [3.05, 3.63) is 33.6 Å². The molecular formula is C15H21Cl2FN2. The number of halogens is 3. The number of piperidine rings is 1. The fourth-order valence-corrected chi connectivity index (χ4v) is 3.22. The minimum absolute atomic E-state index is 0.0537. The SMILES string of the molecule is CC(c1cc(F)c(Cl)cc1Cl)N(C)CC1CCCCN1. The molecule has 0 amide bonds. The Kier molecular flexibility index (Phi) is 5.67. The molecule has 1 aliphatic heterocycles. The molecule has 0 saturated carbocycles. The van der Waals surface area contributed by atoms with Gasteiger partial charge in [0.2, 0.25) is 0 Å². The fraction of sp³-hybridized carbons (Fsp3) is 0.600. The van der Waals surface area contributed by atoms with Crippen LogP contribution in [0.25, 0.3) is 0 Å². The molecule has 0 bridgehead atoms. The second kappa shape index (κ2) is 7.08. The van der Waals surface area contributed by atoms with Gasteiger partial charge in [-0.1, -0.05) is 29.6 Å². The molecule has 1 fully saturated rings. The highest BCUT2D eigenvalue weighted by Gasteiger charge is 2.21. The molecule has 1 N–H and O–H groups in total. The van der Waals surface area contributed by atoms with E-state index in [0.717, 1.165) is 18.7 Å². The average molecular weight is 319 g/mol. The molecule has 1 saturated heterocycles. The standard InChI is InChI=1S/C15H21Cl2FN2/c1-10(12-7-15(18)14(17)8-13(12)16)20(2)9-11-5-3-4-6-19-11/h7-8,10-11,19H,3-6,9H2,1-2H3. The number of nitrogens with one attached hydrogen (secondary N) is 1. The van der Waals surface area contributed by atoms with E-state index in [4.69, 9.17) is 23.2 Å². The summed E-state index contributed by atoms with van der Waals surface area (Å²) >= 11 is 11.9. The van der Waals surface area contributed by atoms with Crippen molar-refractivity contribution in [2.75, 3.05) is 20.1 Å². The van der Waals surface area contributed by atoms with Crippen LogP contribution in [0.2, 0.25) is 10.0 Å². The van der Waals surface area contributed by atoms with Crippen LogP contribution in [0.1, 0.15) is 37.8 Å². The van der Waals surface area contributed by atoms with Crippen molar-refractivity contribution in [1.29, 1.82) is 0 Å². The van der Waals surface area contributed by atoms with E-state index in [0.29, 0.717) is 11.1 Å². The van der Waals surface area contributed by atoms with Crippen LogP contribution in [0.5, 0.6) is 0 Å². The summed E-state index contributed by atoms with van der Waals surface area (Å²) in [5.74, 6) is -0.415. The number of hydrogen-bond acceptors (Lipinski definition) is 2. The van der Waals surface area contributed by atoms with Gasteiger partial charge in [-0.3, -0.25) is 4.90 Å². The molecule has 0 aliphatic carbocycles. The van der Waals surface area contributed by atoms with Gasteiger partial charge in [-0.25, -0.2) is 4.39 Å². The molecule has 20 heavy (non-hydrogen) atoms. The van der Waals surface area contributed by atoms with Crippen LogP contribution >= 0.6 is 23.2 Å². The Balaban J connectivity index is 2.05. The van der Waals surface area contributed by atoms with Gasteiger partial charge in [0.1, 0.15) is 5.82 Å². The molecule has 2 atom stereocenters. The van der Waals surface area contributed by atoms with E-state index in [-0.39, 0.29) is 11.1 Å². The summed E-state index contributed by atoms with van der Waals surface area (Å²) in [7, 11) is 2.05. The van der Waals surface area contributed by atoms with E-state index < -0.39 is 5.82 Å². The van der Waals surface area contributed by atoms with E-state index in [9.17, 15) is 4.39 Å². The maximum atomic E-state index is 13.6. The third-order valence-electron chi connectivity index (χ3n) is 4.07. The van der Waals surface area contributed by atoms with Crippen molar-refractivity contribution in [3.8, 4) is 0 Å². The maximum Gasteiger partial charge on any atom is 0.142 e. The molecule has 0 radical (unpaired) electrons. The van der Waals surface area contributed by atoms with Crippen molar-refractivity contribution >= 4 is 23.2 Å². The average Bonchev–Trinajstić information content (AvgIpc) is 2.43. The third kappa shape index (κ3) is 3.85. The summed E-state index contributed by atoms with van der Waals surface area (Å²) in [5.41, 5.74) is 0.784. The highest BCUT2D eigenvalue weighted by atomic mass is 35.5. The second-order valence-electron chi connectivity index (χ2n) is 5.55. The van der Waals surface area contributed by atoms with E-state index >= 15 is 0 Å². The molecule has 2 nitrogen and oxygen atoms in total. The van der Waals surface area contributed by atoms with Gasteiger partial charge in [-0.2, -0.15) is 0 Å². The van der Waals surface area contributed by atoms with E-state index in [1.807, 2.05) is 14.0 Å². The van der Waals surface area contributed by atoms with Crippen LogP contribution in [0.3, 0.4) is 0 Å². The predicted molar refractivity (Wildman–Crippen MR) is 83.1 cm³/mol. The molecule has 1 aliphatic rings. The van der Waals surface area contributed by atoms with Gasteiger partial charge in [0.05, 0.1) is 5.02 Å². The molecule has 0 spiro atoms. The topological polar surface area (TPSA) is 15.3 Å². The van der Waals surface area contributed by atoms with Gasteiger partial charge < -0.3 is 5.32 Å². The Morgan fingerprint density at radius 1 is 1.35 bits per heavy atom. The number of likely N-dealkylation sites (N-methyl/N-ethyl adjacent to an activating group) is 1. The Labute approximate surface area is 130 Å². The summed E-state index contributed by atoms with van der Waals surface area (Å²) < 4.78 is 13.6. The highest BCUT2D eigenvalue weighted by molar-refractivity contribution is 6.35. The second-order valence-corrected chi connectivity index (χ2v) is 6.36. The van der Waals surface area contributed by atoms with Crippen molar-refractivity contribution in [2.45, 2.75) is 38.3 Å². The number of benzene rings is 1.